The van der Waals surface area contributed by atoms with Crippen molar-refractivity contribution in [3.05, 3.63) is 26.3 Å². The Morgan fingerprint density at radius 2 is 2.10 bits per heavy atom. The van der Waals surface area contributed by atoms with Crippen molar-refractivity contribution < 1.29 is 0 Å². The van der Waals surface area contributed by atoms with Crippen LogP contribution in [0.25, 0.3) is 0 Å². The van der Waals surface area contributed by atoms with Crippen LogP contribution in [0.2, 0.25) is 0 Å². The van der Waals surface area contributed by atoms with E-state index in [2.05, 4.69) is 20.6 Å². The molecule has 7 nitrogen and oxygen atoms in total. The summed E-state index contributed by atoms with van der Waals surface area (Å²) in [6.45, 7) is 6.96. The zero-order valence-corrected chi connectivity index (χ0v) is 13.2. The van der Waals surface area contributed by atoms with E-state index in [4.69, 9.17) is 0 Å². The number of aryl methyl sites for hydroxylation is 1. The van der Waals surface area contributed by atoms with Gasteiger partial charge in [-0.1, -0.05) is 11.3 Å². The highest BCUT2D eigenvalue weighted by molar-refractivity contribution is 7.11. The largest absolute Gasteiger partial charge is 0.346 e. The molecule has 1 saturated heterocycles. The van der Waals surface area contributed by atoms with Gasteiger partial charge in [0.1, 0.15) is 22.4 Å². The summed E-state index contributed by atoms with van der Waals surface area (Å²) < 4.78 is 3.32. The summed E-state index contributed by atoms with van der Waals surface area (Å²) in [5.74, 6) is 1.29. The zero-order chi connectivity index (χ0) is 14.8. The van der Waals surface area contributed by atoms with Gasteiger partial charge in [0.2, 0.25) is 0 Å². The summed E-state index contributed by atoms with van der Waals surface area (Å²) in [5.41, 5.74) is -0.0427. The normalized spacial score (nSPS) is 16.5. The molecule has 0 saturated carbocycles. The second-order valence-electron chi connectivity index (χ2n) is 5.28. The number of nitrogens with one attached hydrogen (secondary N) is 1. The van der Waals surface area contributed by atoms with Gasteiger partial charge < -0.3 is 5.32 Å². The van der Waals surface area contributed by atoms with E-state index >= 15 is 0 Å². The third-order valence-electron chi connectivity index (χ3n) is 3.82. The maximum Gasteiger partial charge on any atom is 0.346 e. The molecule has 3 rings (SSSR count). The van der Waals surface area contributed by atoms with Crippen LogP contribution < -0.4 is 11.0 Å². The topological polar surface area (TPSA) is 77.6 Å². The molecule has 2 aromatic heterocycles. The summed E-state index contributed by atoms with van der Waals surface area (Å²) in [7, 11) is 0. The van der Waals surface area contributed by atoms with Crippen LogP contribution in [-0.2, 0) is 13.1 Å². The molecule has 0 unspecified atom stereocenters. The predicted octanol–water partition coefficient (Wildman–Crippen LogP) is 0.740. The Morgan fingerprint density at radius 3 is 2.71 bits per heavy atom. The van der Waals surface area contributed by atoms with Gasteiger partial charge in [0, 0.05) is 12.5 Å². The summed E-state index contributed by atoms with van der Waals surface area (Å²) in [4.78, 5) is 12.5. The molecule has 3 heterocycles. The highest BCUT2D eigenvalue weighted by atomic mass is 32.1. The van der Waals surface area contributed by atoms with Crippen LogP contribution in [0.3, 0.4) is 0 Å². The average molecular weight is 308 g/mol. The summed E-state index contributed by atoms with van der Waals surface area (Å²) >= 11 is 1.51. The molecule has 0 aromatic carbocycles. The molecule has 114 valence electrons. The summed E-state index contributed by atoms with van der Waals surface area (Å²) in [6.07, 6.45) is 2.07. The first-order valence-electron chi connectivity index (χ1n) is 7.36. The SMILES string of the molecule is CCn1c(C2CCNCC2)nn(Cc2nnc(C)s2)c1=O. The van der Waals surface area contributed by atoms with E-state index in [1.165, 1.54) is 16.0 Å². The van der Waals surface area contributed by atoms with Crippen molar-refractivity contribution in [1.29, 1.82) is 0 Å². The molecule has 0 spiro atoms. The van der Waals surface area contributed by atoms with E-state index in [1.54, 1.807) is 4.57 Å². The van der Waals surface area contributed by atoms with Gasteiger partial charge in [-0.2, -0.15) is 5.10 Å². The fraction of sp³-hybridized carbons (Fsp3) is 0.692. The lowest BCUT2D eigenvalue weighted by Gasteiger charge is -2.21. The van der Waals surface area contributed by atoms with Crippen LogP contribution in [0.5, 0.6) is 0 Å². The van der Waals surface area contributed by atoms with Gasteiger partial charge in [-0.15, -0.1) is 10.2 Å². The molecule has 0 aliphatic carbocycles. The summed E-state index contributed by atoms with van der Waals surface area (Å²) in [6, 6.07) is 0. The first-order valence-corrected chi connectivity index (χ1v) is 8.18. The number of nitrogens with zero attached hydrogens (tertiary/aromatic N) is 5. The molecule has 21 heavy (non-hydrogen) atoms. The maximum atomic E-state index is 12.5. The van der Waals surface area contributed by atoms with E-state index in [-0.39, 0.29) is 5.69 Å². The molecular formula is C13H20N6OS. The maximum absolute atomic E-state index is 12.5. The van der Waals surface area contributed by atoms with Crippen molar-refractivity contribution in [3.8, 4) is 0 Å². The lowest BCUT2D eigenvalue weighted by Crippen LogP contribution is -2.29. The van der Waals surface area contributed by atoms with Gasteiger partial charge in [-0.05, 0) is 39.8 Å². The standard InChI is InChI=1S/C13H20N6OS/c1-3-18-12(10-4-6-14-7-5-10)17-19(13(18)20)8-11-16-15-9(2)21-11/h10,14H,3-8H2,1-2H3. The van der Waals surface area contributed by atoms with Crippen molar-refractivity contribution in [2.45, 2.75) is 45.7 Å². The number of aromatic nitrogens is 5. The van der Waals surface area contributed by atoms with E-state index in [9.17, 15) is 4.79 Å². The van der Waals surface area contributed by atoms with Crippen LogP contribution >= 0.6 is 11.3 Å². The molecule has 1 aliphatic heterocycles. The highest BCUT2D eigenvalue weighted by Gasteiger charge is 2.23. The van der Waals surface area contributed by atoms with Crippen LogP contribution in [0, 0.1) is 6.92 Å². The van der Waals surface area contributed by atoms with Crippen LogP contribution in [-0.4, -0.2) is 37.6 Å². The number of hydrogen-bond acceptors (Lipinski definition) is 6. The molecule has 0 radical (unpaired) electrons. The van der Waals surface area contributed by atoms with Crippen LogP contribution in [0.1, 0.15) is 41.5 Å². The van der Waals surface area contributed by atoms with Crippen molar-refractivity contribution in [2.24, 2.45) is 0 Å². The van der Waals surface area contributed by atoms with Crippen LogP contribution in [0.15, 0.2) is 4.79 Å². The molecule has 1 fully saturated rings. The molecule has 0 bridgehead atoms. The van der Waals surface area contributed by atoms with Crippen molar-refractivity contribution >= 4 is 11.3 Å². The van der Waals surface area contributed by atoms with E-state index in [0.29, 0.717) is 19.0 Å². The minimum Gasteiger partial charge on any atom is -0.317 e. The molecule has 0 amide bonds. The Labute approximate surface area is 127 Å². The van der Waals surface area contributed by atoms with E-state index < -0.39 is 0 Å². The quantitative estimate of drug-likeness (QED) is 0.901. The van der Waals surface area contributed by atoms with Gasteiger partial charge >= 0.3 is 5.69 Å². The predicted molar refractivity (Wildman–Crippen MR) is 80.8 cm³/mol. The molecule has 1 N–H and O–H groups in total. The first kappa shape index (κ1) is 14.4. The first-order chi connectivity index (χ1) is 10.2. The van der Waals surface area contributed by atoms with Gasteiger partial charge in [0.05, 0.1) is 0 Å². The number of rotatable bonds is 4. The van der Waals surface area contributed by atoms with Crippen molar-refractivity contribution in [3.63, 3.8) is 0 Å². The number of hydrogen-bond donors (Lipinski definition) is 1. The third kappa shape index (κ3) is 2.91. The van der Waals surface area contributed by atoms with Gasteiger partial charge in [0.15, 0.2) is 0 Å². The van der Waals surface area contributed by atoms with Gasteiger partial charge in [-0.25, -0.2) is 9.48 Å². The molecular weight excluding hydrogens is 288 g/mol. The van der Waals surface area contributed by atoms with Crippen molar-refractivity contribution in [1.82, 2.24) is 29.9 Å². The lowest BCUT2D eigenvalue weighted by atomic mass is 9.97. The van der Waals surface area contributed by atoms with Crippen LogP contribution in [0.4, 0.5) is 0 Å². The highest BCUT2D eigenvalue weighted by Crippen LogP contribution is 2.22. The Kier molecular flexibility index (Phi) is 4.16. The van der Waals surface area contributed by atoms with E-state index in [1.807, 2.05) is 13.8 Å². The fourth-order valence-corrected chi connectivity index (χ4v) is 3.46. The minimum atomic E-state index is -0.0427. The Morgan fingerprint density at radius 1 is 1.33 bits per heavy atom. The fourth-order valence-electron chi connectivity index (χ4n) is 2.77. The Balaban J connectivity index is 1.90. The average Bonchev–Trinajstić information content (AvgIpc) is 3.04. The molecule has 0 atom stereocenters. The molecule has 1 aliphatic rings. The van der Waals surface area contributed by atoms with E-state index in [0.717, 1.165) is 41.8 Å². The molecule has 8 heteroatoms. The third-order valence-corrected chi connectivity index (χ3v) is 4.65. The van der Waals surface area contributed by atoms with Crippen molar-refractivity contribution in [2.75, 3.05) is 13.1 Å². The monoisotopic (exact) mass is 308 g/mol. The van der Waals surface area contributed by atoms with Gasteiger partial charge in [-0.3, -0.25) is 4.57 Å². The Hall–Kier alpha value is -1.54. The lowest BCUT2D eigenvalue weighted by molar-refractivity contribution is 0.429. The number of piperidine rings is 1. The summed E-state index contributed by atoms with van der Waals surface area (Å²) in [5, 5.41) is 17.7. The van der Waals surface area contributed by atoms with Gasteiger partial charge in [0.25, 0.3) is 0 Å². The zero-order valence-electron chi connectivity index (χ0n) is 12.4. The smallest absolute Gasteiger partial charge is 0.317 e. The minimum absolute atomic E-state index is 0.0427. The second kappa shape index (κ2) is 6.07. The Bertz CT molecular complexity index is 666. The molecule has 2 aromatic rings. The second-order valence-corrected chi connectivity index (χ2v) is 6.55.